The van der Waals surface area contributed by atoms with Crippen molar-refractivity contribution in [2.75, 3.05) is 25.1 Å². The van der Waals surface area contributed by atoms with Crippen molar-refractivity contribution in [3.63, 3.8) is 0 Å². The fraction of sp³-hybridized carbons (Fsp3) is 0.429. The van der Waals surface area contributed by atoms with Crippen LogP contribution in [0.4, 0.5) is 5.69 Å². The molecule has 2 heterocycles. The number of aromatic nitrogens is 2. The Hall–Kier alpha value is -1.72. The lowest BCUT2D eigenvalue weighted by molar-refractivity contribution is 0.0691. The maximum Gasteiger partial charge on any atom is 0.356 e. The van der Waals surface area contributed by atoms with Crippen LogP contribution in [-0.4, -0.2) is 41.5 Å². The number of aromatic carboxylic acids is 1. The molecule has 0 unspecified atom stereocenters. The first-order valence-electron chi connectivity index (χ1n) is 3.85. The second-order valence-electron chi connectivity index (χ2n) is 2.83. The van der Waals surface area contributed by atoms with Gasteiger partial charge in [0, 0.05) is 7.05 Å². The van der Waals surface area contributed by atoms with E-state index in [4.69, 9.17) is 9.84 Å². The first-order valence-corrected chi connectivity index (χ1v) is 3.85. The smallest absolute Gasteiger partial charge is 0.356 e. The van der Waals surface area contributed by atoms with Crippen LogP contribution in [0.3, 0.4) is 0 Å². The Balaban J connectivity index is 2.50. The monoisotopic (exact) mass is 183 g/mol. The van der Waals surface area contributed by atoms with Gasteiger partial charge >= 0.3 is 5.97 Å². The molecule has 0 amide bonds. The van der Waals surface area contributed by atoms with E-state index in [1.165, 1.54) is 0 Å². The quantitative estimate of drug-likeness (QED) is 0.637. The van der Waals surface area contributed by atoms with E-state index in [-0.39, 0.29) is 5.69 Å². The lowest BCUT2D eigenvalue weighted by Gasteiger charge is -2.23. The van der Waals surface area contributed by atoms with Crippen molar-refractivity contribution in [1.82, 2.24) is 10.2 Å². The molecular formula is C7H9N3O3. The number of nitrogens with zero attached hydrogens (tertiary/aromatic N) is 2. The van der Waals surface area contributed by atoms with Crippen molar-refractivity contribution in [1.29, 1.82) is 0 Å². The zero-order chi connectivity index (χ0) is 9.42. The fourth-order valence-electron chi connectivity index (χ4n) is 1.31. The largest absolute Gasteiger partial charge is 0.476 e. The predicted octanol–water partition coefficient (Wildman–Crippen LogP) is -0.0635. The van der Waals surface area contributed by atoms with E-state index in [9.17, 15) is 4.79 Å². The summed E-state index contributed by atoms with van der Waals surface area (Å²) in [5.74, 6) is -0.655. The van der Waals surface area contributed by atoms with Crippen LogP contribution in [0.15, 0.2) is 0 Å². The van der Waals surface area contributed by atoms with Gasteiger partial charge in [-0.15, -0.1) is 5.10 Å². The fourth-order valence-corrected chi connectivity index (χ4v) is 1.31. The number of anilines is 1. The number of H-pyrrole nitrogens is 1. The van der Waals surface area contributed by atoms with Gasteiger partial charge < -0.3 is 14.7 Å². The van der Waals surface area contributed by atoms with Crippen molar-refractivity contribution < 1.29 is 14.6 Å². The summed E-state index contributed by atoms with van der Waals surface area (Å²) < 4.78 is 5.18. The van der Waals surface area contributed by atoms with Crippen molar-refractivity contribution in [3.05, 3.63) is 5.69 Å². The maximum atomic E-state index is 10.7. The van der Waals surface area contributed by atoms with Crippen molar-refractivity contribution in [3.8, 4) is 5.88 Å². The summed E-state index contributed by atoms with van der Waals surface area (Å²) in [6.07, 6.45) is 0. The lowest BCUT2D eigenvalue weighted by Crippen LogP contribution is -2.29. The summed E-state index contributed by atoms with van der Waals surface area (Å²) in [6, 6.07) is 0. The minimum absolute atomic E-state index is 0.0807. The maximum absolute atomic E-state index is 10.7. The highest BCUT2D eigenvalue weighted by Gasteiger charge is 2.25. The summed E-state index contributed by atoms with van der Waals surface area (Å²) in [4.78, 5) is 12.5. The van der Waals surface area contributed by atoms with Gasteiger partial charge in [0.2, 0.25) is 0 Å². The highest BCUT2D eigenvalue weighted by Crippen LogP contribution is 2.31. The van der Waals surface area contributed by atoms with Crippen LogP contribution in [0.25, 0.3) is 0 Å². The molecule has 0 radical (unpaired) electrons. The second-order valence-corrected chi connectivity index (χ2v) is 2.83. The van der Waals surface area contributed by atoms with E-state index in [0.717, 1.165) is 0 Å². The molecular weight excluding hydrogens is 174 g/mol. The molecule has 2 N–H and O–H groups in total. The van der Waals surface area contributed by atoms with Gasteiger partial charge in [-0.1, -0.05) is 0 Å². The molecule has 1 aromatic heterocycles. The Morgan fingerprint density at radius 1 is 1.77 bits per heavy atom. The molecule has 0 atom stereocenters. The molecule has 6 heteroatoms. The molecule has 0 aliphatic carbocycles. The summed E-state index contributed by atoms with van der Waals surface area (Å²) in [5, 5.41) is 15.0. The Morgan fingerprint density at radius 2 is 2.54 bits per heavy atom. The highest BCUT2D eigenvalue weighted by molar-refractivity contribution is 5.93. The van der Waals surface area contributed by atoms with Crippen LogP contribution in [0.5, 0.6) is 5.88 Å². The predicted molar refractivity (Wildman–Crippen MR) is 44.3 cm³/mol. The standard InChI is InChI=1S/C7H9N3O3/c1-10-2-3-13-6-5(10)4(7(11)12)8-9-6/h2-3H2,1H3,(H,8,9)(H,11,12). The van der Waals surface area contributed by atoms with Crippen LogP contribution in [0.2, 0.25) is 0 Å². The highest BCUT2D eigenvalue weighted by atomic mass is 16.5. The average Bonchev–Trinajstić information content (AvgIpc) is 2.49. The zero-order valence-corrected chi connectivity index (χ0v) is 7.07. The Labute approximate surface area is 74.1 Å². The number of nitrogens with one attached hydrogen (secondary N) is 1. The number of rotatable bonds is 1. The van der Waals surface area contributed by atoms with Gasteiger partial charge in [0.15, 0.2) is 5.69 Å². The summed E-state index contributed by atoms with van der Waals surface area (Å²) in [7, 11) is 1.81. The van der Waals surface area contributed by atoms with Gasteiger partial charge in [0.05, 0.1) is 6.54 Å². The molecule has 1 aliphatic rings. The van der Waals surface area contributed by atoms with E-state index in [1.54, 1.807) is 0 Å². The molecule has 13 heavy (non-hydrogen) atoms. The van der Waals surface area contributed by atoms with Gasteiger partial charge in [0.1, 0.15) is 12.3 Å². The van der Waals surface area contributed by atoms with Gasteiger partial charge in [-0.25, -0.2) is 4.79 Å². The van der Waals surface area contributed by atoms with Crippen LogP contribution in [0.1, 0.15) is 10.5 Å². The van der Waals surface area contributed by atoms with Crippen LogP contribution >= 0.6 is 0 Å². The Kier molecular flexibility index (Phi) is 1.61. The molecule has 0 spiro atoms. The number of hydrogen-bond acceptors (Lipinski definition) is 4. The van der Waals surface area contributed by atoms with Crippen LogP contribution < -0.4 is 9.64 Å². The van der Waals surface area contributed by atoms with Crippen molar-refractivity contribution in [2.24, 2.45) is 0 Å². The molecule has 6 nitrogen and oxygen atoms in total. The van der Waals surface area contributed by atoms with Gasteiger partial charge in [-0.05, 0) is 0 Å². The SMILES string of the molecule is CN1CCOc2n[nH]c(C(=O)O)c21. The normalized spacial score (nSPS) is 15.0. The molecule has 1 aromatic rings. The van der Waals surface area contributed by atoms with Crippen LogP contribution in [-0.2, 0) is 0 Å². The van der Waals surface area contributed by atoms with Gasteiger partial charge in [-0.3, -0.25) is 5.10 Å². The lowest BCUT2D eigenvalue weighted by atomic mass is 10.3. The molecule has 0 fully saturated rings. The Morgan fingerprint density at radius 3 is 3.23 bits per heavy atom. The topological polar surface area (TPSA) is 78.5 Å². The number of fused-ring (bicyclic) bond motifs is 1. The summed E-state index contributed by atoms with van der Waals surface area (Å²) in [5.41, 5.74) is 0.607. The molecule has 2 rings (SSSR count). The third kappa shape index (κ3) is 1.10. The van der Waals surface area contributed by atoms with E-state index in [0.29, 0.717) is 24.7 Å². The van der Waals surface area contributed by atoms with Crippen LogP contribution in [0, 0.1) is 0 Å². The minimum atomic E-state index is -1.02. The summed E-state index contributed by atoms with van der Waals surface area (Å²) >= 11 is 0. The molecule has 0 saturated heterocycles. The number of carboxylic acids is 1. The summed E-state index contributed by atoms with van der Waals surface area (Å²) in [6.45, 7) is 1.21. The Bertz CT molecular complexity index is 347. The number of likely N-dealkylation sites (N-methyl/N-ethyl adjacent to an activating group) is 1. The minimum Gasteiger partial charge on any atom is -0.476 e. The number of ether oxygens (including phenoxy) is 1. The number of carboxylic acid groups (broad SMARTS) is 1. The van der Waals surface area contributed by atoms with Crippen molar-refractivity contribution in [2.45, 2.75) is 0 Å². The molecule has 0 aromatic carbocycles. The number of aromatic amines is 1. The van der Waals surface area contributed by atoms with E-state index >= 15 is 0 Å². The zero-order valence-electron chi connectivity index (χ0n) is 7.07. The third-order valence-corrected chi connectivity index (χ3v) is 1.97. The van der Waals surface area contributed by atoms with E-state index in [1.807, 2.05) is 11.9 Å². The van der Waals surface area contributed by atoms with Crippen molar-refractivity contribution >= 4 is 11.7 Å². The first kappa shape index (κ1) is 7.90. The second kappa shape index (κ2) is 2.65. The third-order valence-electron chi connectivity index (χ3n) is 1.97. The average molecular weight is 183 g/mol. The molecule has 1 aliphatic heterocycles. The first-order chi connectivity index (χ1) is 6.20. The van der Waals surface area contributed by atoms with Gasteiger partial charge in [-0.2, -0.15) is 0 Å². The van der Waals surface area contributed by atoms with E-state index < -0.39 is 5.97 Å². The molecule has 70 valence electrons. The molecule has 0 bridgehead atoms. The molecule has 0 saturated carbocycles. The van der Waals surface area contributed by atoms with Gasteiger partial charge in [0.25, 0.3) is 5.88 Å². The van der Waals surface area contributed by atoms with E-state index in [2.05, 4.69) is 10.2 Å². The number of carbonyl (C=O) groups is 1. The number of hydrogen-bond donors (Lipinski definition) is 2.